The molecule has 3 atom stereocenters. The van der Waals surface area contributed by atoms with Crippen molar-refractivity contribution < 1.29 is 46.4 Å². The maximum absolute atomic E-state index is 13.3. The van der Waals surface area contributed by atoms with Crippen molar-refractivity contribution in [1.82, 2.24) is 9.80 Å². The van der Waals surface area contributed by atoms with E-state index in [1.54, 1.807) is 0 Å². The first-order valence-electron chi connectivity index (χ1n) is 8.96. The van der Waals surface area contributed by atoms with Gasteiger partial charge < -0.3 is 27.2 Å². The van der Waals surface area contributed by atoms with Crippen LogP contribution in [0.2, 0.25) is 0 Å². The molecule has 3 rings (SSSR count). The third-order valence-corrected chi connectivity index (χ3v) is 5.28. The van der Waals surface area contributed by atoms with E-state index in [1.165, 1.54) is 38.5 Å². The van der Waals surface area contributed by atoms with Crippen molar-refractivity contribution >= 4 is 29.7 Å². The van der Waals surface area contributed by atoms with Crippen LogP contribution in [0.15, 0.2) is 35.3 Å². The first-order valence-corrected chi connectivity index (χ1v) is 8.96. The molecule has 2 N–H and O–H groups in total. The molecule has 1 saturated heterocycles. The summed E-state index contributed by atoms with van der Waals surface area (Å²) in [5.74, 6) is -1.90. The minimum Gasteiger partial charge on any atom is -1.00 e. The number of halogens is 1. The maximum Gasteiger partial charge on any atom is 0.367 e. The molecule has 0 aliphatic carbocycles. The van der Waals surface area contributed by atoms with Crippen molar-refractivity contribution in [3.8, 4) is 0 Å². The molecule has 10 nitrogen and oxygen atoms in total. The zero-order valence-electron chi connectivity index (χ0n) is 17.0. The van der Waals surface area contributed by atoms with Crippen LogP contribution in [-0.4, -0.2) is 85.4 Å². The third kappa shape index (κ3) is 3.63. The van der Waals surface area contributed by atoms with Gasteiger partial charge in [-0.05, 0) is 5.56 Å². The van der Waals surface area contributed by atoms with Gasteiger partial charge in [0.2, 0.25) is 17.6 Å². The summed E-state index contributed by atoms with van der Waals surface area (Å²) >= 11 is 0. The molecule has 2 aliphatic heterocycles. The summed E-state index contributed by atoms with van der Waals surface area (Å²) < 4.78 is 9.63. The van der Waals surface area contributed by atoms with Crippen molar-refractivity contribution in [2.75, 3.05) is 28.3 Å². The Morgan fingerprint density at radius 3 is 2.23 bits per heavy atom. The standard InChI is InChI=1S/C19H22N4O6.ClH/c1-22-16-19(17(26)23(2)18(22)27,10-11-8-6-5-7-9-11)21-13(15(25)29-4)12(20-16)14(24)28-3;/h5-9,12-13,21H,10H2,1-4H3;1H/t12?,13?,19-;/m1./s1. The van der Waals surface area contributed by atoms with E-state index in [-0.39, 0.29) is 24.7 Å². The molecule has 11 heteroatoms. The second-order valence-electron chi connectivity index (χ2n) is 6.98. The van der Waals surface area contributed by atoms with Crippen LogP contribution < -0.4 is 17.7 Å². The highest BCUT2D eigenvalue weighted by Crippen LogP contribution is 2.26. The Balaban J connectivity index is 0.00000320. The fourth-order valence-corrected chi connectivity index (χ4v) is 3.84. The summed E-state index contributed by atoms with van der Waals surface area (Å²) in [7, 11) is 5.22. The molecule has 2 heterocycles. The highest BCUT2D eigenvalue weighted by molar-refractivity contribution is 6.23. The summed E-state index contributed by atoms with van der Waals surface area (Å²) in [5.41, 5.74) is -0.608. The molecule has 0 bridgehead atoms. The predicted molar refractivity (Wildman–Crippen MR) is 99.8 cm³/mol. The zero-order valence-corrected chi connectivity index (χ0v) is 17.8. The first kappa shape index (κ1) is 23.3. The Bertz CT molecular complexity index is 892. The number of esters is 2. The molecule has 0 aromatic heterocycles. The van der Waals surface area contributed by atoms with Gasteiger partial charge in [-0.25, -0.2) is 19.4 Å². The van der Waals surface area contributed by atoms with E-state index in [2.05, 4.69) is 4.99 Å². The van der Waals surface area contributed by atoms with Crippen LogP contribution in [0.4, 0.5) is 4.79 Å². The Kier molecular flexibility index (Phi) is 6.84. The van der Waals surface area contributed by atoms with Crippen LogP contribution in [0.3, 0.4) is 0 Å². The number of imide groups is 1. The lowest BCUT2D eigenvalue weighted by Gasteiger charge is -2.46. The summed E-state index contributed by atoms with van der Waals surface area (Å²) in [6.07, 6.45) is 0.162. The summed E-state index contributed by atoms with van der Waals surface area (Å²) in [6.45, 7) is 0. The van der Waals surface area contributed by atoms with E-state index < -0.39 is 41.5 Å². The van der Waals surface area contributed by atoms with Crippen molar-refractivity contribution in [1.29, 1.82) is 0 Å². The number of urea groups is 1. The number of rotatable bonds is 4. The molecule has 3 amide bonds. The van der Waals surface area contributed by atoms with Crippen LogP contribution >= 0.6 is 0 Å². The molecule has 162 valence electrons. The molecule has 0 radical (unpaired) electrons. The first-order chi connectivity index (χ1) is 13.8. The molecule has 2 unspecified atom stereocenters. The van der Waals surface area contributed by atoms with Crippen LogP contribution in [0.5, 0.6) is 0 Å². The van der Waals surface area contributed by atoms with Gasteiger partial charge >= 0.3 is 18.0 Å². The van der Waals surface area contributed by atoms with Crippen molar-refractivity contribution in [3.63, 3.8) is 0 Å². The summed E-state index contributed by atoms with van der Waals surface area (Å²) in [5, 5.41) is 1.47. The number of aliphatic imine (C=N–C) groups is 1. The topological polar surface area (TPSA) is 122 Å². The lowest BCUT2D eigenvalue weighted by molar-refractivity contribution is -0.722. The Labute approximate surface area is 179 Å². The Morgan fingerprint density at radius 1 is 1.07 bits per heavy atom. The van der Waals surface area contributed by atoms with E-state index in [0.29, 0.717) is 0 Å². The number of likely N-dealkylation sites (N-methyl/N-ethyl adjacent to an activating group) is 2. The number of benzene rings is 1. The van der Waals surface area contributed by atoms with Gasteiger partial charge in [-0.15, -0.1) is 0 Å². The van der Waals surface area contributed by atoms with Gasteiger partial charge in [0, 0.05) is 20.5 Å². The number of nitrogens with zero attached hydrogens (tertiary/aromatic N) is 3. The minimum atomic E-state index is -1.41. The van der Waals surface area contributed by atoms with Crippen LogP contribution in [0, 0.1) is 0 Å². The molecular weight excluding hydrogens is 416 g/mol. The second kappa shape index (κ2) is 8.80. The lowest BCUT2D eigenvalue weighted by atomic mass is 9.82. The molecule has 1 fully saturated rings. The third-order valence-electron chi connectivity index (χ3n) is 5.28. The fraction of sp³-hybridized carbons (Fsp3) is 0.421. The van der Waals surface area contributed by atoms with Crippen LogP contribution in [0.25, 0.3) is 0 Å². The highest BCUT2D eigenvalue weighted by atomic mass is 35.5. The van der Waals surface area contributed by atoms with Gasteiger partial charge in [0.1, 0.15) is 0 Å². The number of methoxy groups -OCH3 is 2. The quantitative estimate of drug-likeness (QED) is 0.473. The number of fused-ring (bicyclic) bond motifs is 1. The number of amides is 3. The summed E-state index contributed by atoms with van der Waals surface area (Å²) in [4.78, 5) is 57.2. The number of amidine groups is 1. The molecule has 1 aromatic carbocycles. The minimum absolute atomic E-state index is 0. The number of hydrogen-bond acceptors (Lipinski definition) is 7. The molecular formula is C19H23ClN4O6. The summed E-state index contributed by atoms with van der Waals surface area (Å²) in [6, 6.07) is 6.20. The van der Waals surface area contributed by atoms with Gasteiger partial charge in [0.05, 0.1) is 14.2 Å². The number of quaternary nitrogens is 1. The Hall–Kier alpha value is -2.98. The normalized spacial score (nSPS) is 25.7. The molecule has 2 aliphatic rings. The average molecular weight is 439 g/mol. The van der Waals surface area contributed by atoms with E-state index in [0.717, 1.165) is 10.5 Å². The second-order valence-corrected chi connectivity index (χ2v) is 6.98. The fourth-order valence-electron chi connectivity index (χ4n) is 3.84. The lowest BCUT2D eigenvalue weighted by Crippen LogP contribution is -3.11. The maximum atomic E-state index is 13.3. The van der Waals surface area contributed by atoms with Crippen molar-refractivity contribution in [2.45, 2.75) is 24.0 Å². The van der Waals surface area contributed by atoms with E-state index in [1.807, 2.05) is 30.3 Å². The number of ether oxygens (including phenoxy) is 2. The predicted octanol–water partition coefficient (Wildman–Crippen LogP) is -4.45. The van der Waals surface area contributed by atoms with Crippen molar-refractivity contribution in [3.05, 3.63) is 35.9 Å². The van der Waals surface area contributed by atoms with Gasteiger partial charge in [-0.1, -0.05) is 30.3 Å². The van der Waals surface area contributed by atoms with E-state index in [9.17, 15) is 19.2 Å². The zero-order chi connectivity index (χ0) is 21.3. The largest absolute Gasteiger partial charge is 1.00 e. The monoisotopic (exact) mass is 438 g/mol. The van der Waals surface area contributed by atoms with E-state index >= 15 is 0 Å². The number of carbonyl (C=O) groups is 4. The van der Waals surface area contributed by atoms with Crippen LogP contribution in [-0.2, 0) is 30.3 Å². The van der Waals surface area contributed by atoms with Gasteiger partial charge in [-0.3, -0.25) is 14.6 Å². The molecule has 0 spiro atoms. The number of hydrogen-bond donors (Lipinski definition) is 1. The van der Waals surface area contributed by atoms with Crippen molar-refractivity contribution in [2.24, 2.45) is 4.99 Å². The number of nitrogens with two attached hydrogens (primary N) is 1. The highest BCUT2D eigenvalue weighted by Gasteiger charge is 2.63. The molecule has 0 saturated carbocycles. The average Bonchev–Trinajstić information content (AvgIpc) is 2.75. The van der Waals surface area contributed by atoms with Crippen LogP contribution in [0.1, 0.15) is 5.56 Å². The smallest absolute Gasteiger partial charge is 0.367 e. The van der Waals surface area contributed by atoms with Gasteiger partial charge in [0.15, 0.2) is 5.84 Å². The molecule has 30 heavy (non-hydrogen) atoms. The SMILES string of the molecule is COC(=O)C1N=C2N(C)C(=O)N(C)C(=O)[C@]2(Cc2ccccc2)[NH2+]C1C(=O)OC.[Cl-]. The van der Waals surface area contributed by atoms with Gasteiger partial charge in [-0.2, -0.15) is 0 Å². The molecule has 1 aromatic rings. The van der Waals surface area contributed by atoms with E-state index in [4.69, 9.17) is 9.47 Å². The number of carbonyl (C=O) groups excluding carboxylic acids is 4. The van der Waals surface area contributed by atoms with Gasteiger partial charge in [0.25, 0.3) is 5.91 Å². The Morgan fingerprint density at radius 2 is 1.67 bits per heavy atom.